The van der Waals surface area contributed by atoms with Crippen LogP contribution in [0, 0.1) is 0 Å². The highest BCUT2D eigenvalue weighted by atomic mass is 16.5. The number of aromatic nitrogens is 1. The Bertz CT molecular complexity index is 515. The molecule has 0 fully saturated rings. The lowest BCUT2D eigenvalue weighted by Crippen LogP contribution is -2.30. The van der Waals surface area contributed by atoms with Crippen LogP contribution in [-0.2, 0) is 5.54 Å². The van der Waals surface area contributed by atoms with Crippen LogP contribution in [0.25, 0.3) is 10.8 Å². The molecule has 0 saturated heterocycles. The van der Waals surface area contributed by atoms with Gasteiger partial charge in [0.2, 0.25) is 0 Å². The Morgan fingerprint density at radius 1 is 1.25 bits per heavy atom. The first-order valence-corrected chi connectivity index (χ1v) is 5.24. The minimum Gasteiger partial charge on any atom is -0.497 e. The van der Waals surface area contributed by atoms with Crippen molar-refractivity contribution in [1.29, 1.82) is 0 Å². The van der Waals surface area contributed by atoms with E-state index in [0.717, 1.165) is 22.2 Å². The lowest BCUT2D eigenvalue weighted by atomic mass is 9.96. The van der Waals surface area contributed by atoms with E-state index in [9.17, 15) is 0 Å². The van der Waals surface area contributed by atoms with Gasteiger partial charge in [0, 0.05) is 11.6 Å². The number of pyridine rings is 1. The molecular weight excluding hydrogens is 200 g/mol. The summed E-state index contributed by atoms with van der Waals surface area (Å²) in [7, 11) is 1.66. The molecule has 3 nitrogen and oxygen atoms in total. The minimum absolute atomic E-state index is 0.436. The van der Waals surface area contributed by atoms with Crippen molar-refractivity contribution in [2.75, 3.05) is 7.11 Å². The maximum atomic E-state index is 6.10. The lowest BCUT2D eigenvalue weighted by Gasteiger charge is -2.19. The van der Waals surface area contributed by atoms with Gasteiger partial charge in [0.1, 0.15) is 5.75 Å². The molecule has 1 aromatic carbocycles. The number of nitrogens with zero attached hydrogens (tertiary/aromatic N) is 1. The van der Waals surface area contributed by atoms with E-state index in [2.05, 4.69) is 4.98 Å². The molecule has 0 bridgehead atoms. The third-order valence-corrected chi connectivity index (χ3v) is 2.58. The van der Waals surface area contributed by atoms with Crippen LogP contribution in [0.1, 0.15) is 19.5 Å². The quantitative estimate of drug-likeness (QED) is 0.838. The average Bonchev–Trinajstić information content (AvgIpc) is 2.26. The molecule has 1 heterocycles. The van der Waals surface area contributed by atoms with E-state index in [1.165, 1.54) is 0 Å². The highest BCUT2D eigenvalue weighted by Gasteiger charge is 2.18. The number of hydrogen-bond acceptors (Lipinski definition) is 3. The third kappa shape index (κ3) is 1.86. The standard InChI is InChI=1S/C13H16N2O/c1-13(2,14)12-11-5-4-10(16-3)8-9(11)6-7-15-12/h4-8H,14H2,1-3H3. The number of benzene rings is 1. The average molecular weight is 216 g/mol. The summed E-state index contributed by atoms with van der Waals surface area (Å²) in [6.45, 7) is 3.91. The Kier molecular flexibility index (Phi) is 2.56. The van der Waals surface area contributed by atoms with Gasteiger partial charge in [0.05, 0.1) is 18.3 Å². The summed E-state index contributed by atoms with van der Waals surface area (Å²) in [5, 5.41) is 2.18. The summed E-state index contributed by atoms with van der Waals surface area (Å²) in [6, 6.07) is 7.89. The molecule has 1 aromatic heterocycles. The molecule has 0 unspecified atom stereocenters. The molecule has 0 atom stereocenters. The van der Waals surface area contributed by atoms with Crippen molar-refractivity contribution in [3.8, 4) is 5.75 Å². The maximum Gasteiger partial charge on any atom is 0.119 e. The van der Waals surface area contributed by atoms with Crippen LogP contribution in [-0.4, -0.2) is 12.1 Å². The summed E-state index contributed by atoms with van der Waals surface area (Å²) in [5.41, 5.74) is 6.57. The fourth-order valence-electron chi connectivity index (χ4n) is 1.80. The van der Waals surface area contributed by atoms with Crippen molar-refractivity contribution in [3.63, 3.8) is 0 Å². The molecule has 0 radical (unpaired) electrons. The molecule has 84 valence electrons. The van der Waals surface area contributed by atoms with Crippen LogP contribution >= 0.6 is 0 Å². The van der Waals surface area contributed by atoms with Gasteiger partial charge >= 0.3 is 0 Å². The zero-order chi connectivity index (χ0) is 11.8. The fourth-order valence-corrected chi connectivity index (χ4v) is 1.80. The van der Waals surface area contributed by atoms with Gasteiger partial charge in [-0.05, 0) is 43.5 Å². The van der Waals surface area contributed by atoms with E-state index in [1.54, 1.807) is 13.3 Å². The molecule has 0 aliphatic heterocycles. The van der Waals surface area contributed by atoms with Gasteiger partial charge in [-0.25, -0.2) is 0 Å². The Balaban J connectivity index is 2.70. The molecular formula is C13H16N2O. The predicted octanol–water partition coefficient (Wildman–Crippen LogP) is 2.44. The molecule has 16 heavy (non-hydrogen) atoms. The second-order valence-electron chi connectivity index (χ2n) is 4.47. The van der Waals surface area contributed by atoms with Gasteiger partial charge in [-0.15, -0.1) is 0 Å². The highest BCUT2D eigenvalue weighted by Crippen LogP contribution is 2.27. The normalized spacial score (nSPS) is 11.8. The van der Waals surface area contributed by atoms with Crippen LogP contribution in [0.3, 0.4) is 0 Å². The lowest BCUT2D eigenvalue weighted by molar-refractivity contribution is 0.415. The first-order valence-electron chi connectivity index (χ1n) is 5.24. The minimum atomic E-state index is -0.436. The third-order valence-electron chi connectivity index (χ3n) is 2.58. The van der Waals surface area contributed by atoms with Gasteiger partial charge in [0.15, 0.2) is 0 Å². The molecule has 0 saturated carbocycles. The van der Waals surface area contributed by atoms with Crippen LogP contribution in [0.4, 0.5) is 0 Å². The number of ether oxygens (including phenoxy) is 1. The van der Waals surface area contributed by atoms with Crippen molar-refractivity contribution in [2.24, 2.45) is 5.73 Å². The molecule has 3 heteroatoms. The van der Waals surface area contributed by atoms with Crippen molar-refractivity contribution in [3.05, 3.63) is 36.2 Å². The van der Waals surface area contributed by atoms with Crippen molar-refractivity contribution in [2.45, 2.75) is 19.4 Å². The number of fused-ring (bicyclic) bond motifs is 1. The summed E-state index contributed by atoms with van der Waals surface area (Å²) in [5.74, 6) is 0.847. The van der Waals surface area contributed by atoms with Crippen molar-refractivity contribution in [1.82, 2.24) is 4.98 Å². The largest absolute Gasteiger partial charge is 0.497 e. The Hall–Kier alpha value is -1.61. The van der Waals surface area contributed by atoms with E-state index in [4.69, 9.17) is 10.5 Å². The Morgan fingerprint density at radius 2 is 2.00 bits per heavy atom. The Morgan fingerprint density at radius 3 is 2.62 bits per heavy atom. The first-order chi connectivity index (χ1) is 7.52. The van der Waals surface area contributed by atoms with E-state index in [-0.39, 0.29) is 0 Å². The van der Waals surface area contributed by atoms with Crippen LogP contribution in [0.2, 0.25) is 0 Å². The van der Waals surface area contributed by atoms with Gasteiger partial charge < -0.3 is 10.5 Å². The monoisotopic (exact) mass is 216 g/mol. The maximum absolute atomic E-state index is 6.10. The van der Waals surface area contributed by atoms with Gasteiger partial charge in [0.25, 0.3) is 0 Å². The topological polar surface area (TPSA) is 48.1 Å². The zero-order valence-corrected chi connectivity index (χ0v) is 9.82. The number of rotatable bonds is 2. The zero-order valence-electron chi connectivity index (χ0n) is 9.82. The van der Waals surface area contributed by atoms with Crippen LogP contribution < -0.4 is 10.5 Å². The smallest absolute Gasteiger partial charge is 0.119 e. The predicted molar refractivity (Wildman–Crippen MR) is 65.5 cm³/mol. The molecule has 0 aliphatic carbocycles. The van der Waals surface area contributed by atoms with Gasteiger partial charge in [-0.3, -0.25) is 4.98 Å². The summed E-state index contributed by atoms with van der Waals surface area (Å²) in [4.78, 5) is 4.37. The molecule has 2 N–H and O–H groups in total. The Labute approximate surface area is 95.2 Å². The van der Waals surface area contributed by atoms with Crippen molar-refractivity contribution < 1.29 is 4.74 Å². The van der Waals surface area contributed by atoms with Crippen LogP contribution in [0.5, 0.6) is 5.75 Å². The molecule has 0 aliphatic rings. The molecule has 2 rings (SSSR count). The summed E-state index contributed by atoms with van der Waals surface area (Å²) >= 11 is 0. The van der Waals surface area contributed by atoms with Crippen LogP contribution in [0.15, 0.2) is 30.5 Å². The van der Waals surface area contributed by atoms with E-state index in [0.29, 0.717) is 0 Å². The molecule has 0 spiro atoms. The first kappa shape index (κ1) is 10.9. The van der Waals surface area contributed by atoms with Crippen molar-refractivity contribution >= 4 is 10.8 Å². The van der Waals surface area contributed by atoms with E-state index in [1.807, 2.05) is 38.1 Å². The number of methoxy groups -OCH3 is 1. The van der Waals surface area contributed by atoms with E-state index >= 15 is 0 Å². The SMILES string of the molecule is COc1ccc2c(C(C)(C)N)nccc2c1. The van der Waals surface area contributed by atoms with E-state index < -0.39 is 5.54 Å². The second-order valence-corrected chi connectivity index (χ2v) is 4.47. The highest BCUT2D eigenvalue weighted by molar-refractivity contribution is 5.86. The molecule has 2 aromatic rings. The summed E-state index contributed by atoms with van der Waals surface area (Å²) in [6.07, 6.45) is 1.78. The molecule has 0 amide bonds. The van der Waals surface area contributed by atoms with Gasteiger partial charge in [-0.1, -0.05) is 0 Å². The number of nitrogens with two attached hydrogens (primary N) is 1. The fraction of sp³-hybridized carbons (Fsp3) is 0.308. The summed E-state index contributed by atoms with van der Waals surface area (Å²) < 4.78 is 5.20. The van der Waals surface area contributed by atoms with Gasteiger partial charge in [-0.2, -0.15) is 0 Å². The second kappa shape index (κ2) is 3.76. The number of hydrogen-bond donors (Lipinski definition) is 1.